The van der Waals surface area contributed by atoms with Crippen LogP contribution in [0.25, 0.3) is 0 Å². The van der Waals surface area contributed by atoms with Gasteiger partial charge < -0.3 is 41.0 Å². The van der Waals surface area contributed by atoms with Crippen molar-refractivity contribution in [2.75, 3.05) is 20.2 Å². The topological polar surface area (TPSA) is 158 Å². The number of hydrogen-bond donors (Lipinski definition) is 6. The molecule has 0 radical (unpaired) electrons. The lowest BCUT2D eigenvalue weighted by atomic mass is 9.98. The van der Waals surface area contributed by atoms with Gasteiger partial charge in [-0.05, 0) is 50.7 Å². The second-order valence-electron chi connectivity index (χ2n) is 11.9. The van der Waals surface area contributed by atoms with Crippen LogP contribution in [0, 0.1) is 5.92 Å². The number of benzene rings is 2. The number of nitrogens with one attached hydrogen (secondary N) is 4. The second kappa shape index (κ2) is 17.4. The predicted octanol–water partition coefficient (Wildman–Crippen LogP) is 2.54. The Morgan fingerprint density at radius 3 is 1.63 bits per heavy atom. The molecule has 2 aromatic carbocycles. The smallest absolute Gasteiger partial charge is 0.407 e. The summed E-state index contributed by atoms with van der Waals surface area (Å²) in [5, 5.41) is 33.5. The third-order valence-corrected chi connectivity index (χ3v) is 6.67. The van der Waals surface area contributed by atoms with Crippen LogP contribution in [0.1, 0.15) is 45.7 Å². The molecule has 43 heavy (non-hydrogen) atoms. The molecule has 0 fully saturated rings. The van der Waals surface area contributed by atoms with Gasteiger partial charge >= 0.3 is 12.2 Å². The fourth-order valence-electron chi connectivity index (χ4n) is 4.42. The fraction of sp³-hybridized carbons (Fsp3) is 0.531. The monoisotopic (exact) mass is 600 g/mol. The Labute approximate surface area is 254 Å². The Morgan fingerprint density at radius 1 is 0.744 bits per heavy atom. The van der Waals surface area contributed by atoms with Gasteiger partial charge in [-0.25, -0.2) is 9.59 Å². The summed E-state index contributed by atoms with van der Waals surface area (Å²) in [5.41, 5.74) is 1.13. The number of rotatable bonds is 15. The van der Waals surface area contributed by atoms with Crippen molar-refractivity contribution in [3.63, 3.8) is 0 Å². The van der Waals surface area contributed by atoms with E-state index in [0.29, 0.717) is 12.8 Å². The van der Waals surface area contributed by atoms with E-state index in [-0.39, 0.29) is 19.0 Å². The van der Waals surface area contributed by atoms with E-state index in [9.17, 15) is 24.6 Å². The fourth-order valence-corrected chi connectivity index (χ4v) is 4.42. The maximum absolute atomic E-state index is 13.2. The van der Waals surface area contributed by atoms with Gasteiger partial charge in [0, 0.05) is 13.1 Å². The Morgan fingerprint density at radius 2 is 1.21 bits per heavy atom. The number of carbonyl (C=O) groups excluding carboxylic acids is 3. The molecule has 0 aliphatic heterocycles. The summed E-state index contributed by atoms with van der Waals surface area (Å²) in [5.74, 6) is -0.689. The number of methoxy groups -OCH3 is 1. The van der Waals surface area contributed by atoms with Crippen molar-refractivity contribution < 1.29 is 34.1 Å². The van der Waals surface area contributed by atoms with Gasteiger partial charge in [0.05, 0.1) is 31.4 Å². The summed E-state index contributed by atoms with van der Waals surface area (Å²) in [6.07, 6.45) is -2.74. The Balaban J connectivity index is 2.10. The molecule has 0 saturated carbocycles. The number of aliphatic hydroxyl groups excluding tert-OH is 2. The molecule has 238 valence electrons. The van der Waals surface area contributed by atoms with Crippen molar-refractivity contribution in [2.24, 2.45) is 5.92 Å². The minimum atomic E-state index is -1.05. The molecule has 3 amide bonds. The molecule has 0 aliphatic rings. The molecule has 0 aliphatic carbocycles. The van der Waals surface area contributed by atoms with Gasteiger partial charge in [-0.15, -0.1) is 0 Å². The standard InChI is InChI=1S/C32H48N4O7/c1-21(2)28(36-30(40)42-6)29(39)34-24(17-22-13-9-7-10-14-22)26(37)19-33-20-27(38)25(18-23-15-11-8-12-16-23)35-31(41)43-32(3,4)5/h7-16,21,24-28,33,37-38H,17-20H2,1-6H3,(H,34,39)(H,35,41)(H,36,40)/t24-,25-,26+,27+,28-/m0/s1. The largest absolute Gasteiger partial charge is 0.453 e. The van der Waals surface area contributed by atoms with Crippen LogP contribution in [0.5, 0.6) is 0 Å². The van der Waals surface area contributed by atoms with E-state index in [2.05, 4.69) is 26.0 Å². The van der Waals surface area contributed by atoms with E-state index in [1.54, 1.807) is 34.6 Å². The first kappa shape index (κ1) is 35.5. The molecule has 6 N–H and O–H groups in total. The zero-order chi connectivity index (χ0) is 32.0. The Bertz CT molecular complexity index is 1130. The summed E-state index contributed by atoms with van der Waals surface area (Å²) in [6.45, 7) is 8.96. The van der Waals surface area contributed by atoms with Crippen molar-refractivity contribution in [2.45, 2.75) is 83.4 Å². The van der Waals surface area contributed by atoms with Crippen LogP contribution in [0.4, 0.5) is 9.59 Å². The van der Waals surface area contributed by atoms with Gasteiger partial charge in [0.25, 0.3) is 0 Å². The minimum Gasteiger partial charge on any atom is -0.453 e. The average molecular weight is 601 g/mol. The SMILES string of the molecule is COC(=O)N[C@H](C(=O)N[C@@H](Cc1ccccc1)[C@H](O)CNC[C@@H](O)[C@H](Cc1ccccc1)NC(=O)OC(C)(C)C)C(C)C. The molecule has 0 heterocycles. The summed E-state index contributed by atoms with van der Waals surface area (Å²) < 4.78 is 10.1. The van der Waals surface area contributed by atoms with E-state index in [4.69, 9.17) is 4.74 Å². The maximum Gasteiger partial charge on any atom is 0.407 e. The second-order valence-corrected chi connectivity index (χ2v) is 11.9. The van der Waals surface area contributed by atoms with Gasteiger partial charge in [-0.1, -0.05) is 74.5 Å². The zero-order valence-electron chi connectivity index (χ0n) is 26.0. The highest BCUT2D eigenvalue weighted by atomic mass is 16.6. The van der Waals surface area contributed by atoms with Crippen LogP contribution in [0.2, 0.25) is 0 Å². The summed E-state index contributed by atoms with van der Waals surface area (Å²) in [6, 6.07) is 16.6. The molecule has 0 bridgehead atoms. The molecule has 11 nitrogen and oxygen atoms in total. The highest BCUT2D eigenvalue weighted by molar-refractivity contribution is 5.86. The molecule has 5 atom stereocenters. The molecular formula is C32H48N4O7. The number of aliphatic hydroxyl groups is 2. The van der Waals surface area contributed by atoms with Gasteiger partial charge in [0.15, 0.2) is 0 Å². The summed E-state index contributed by atoms with van der Waals surface area (Å²) in [7, 11) is 1.22. The van der Waals surface area contributed by atoms with E-state index in [0.717, 1.165) is 11.1 Å². The van der Waals surface area contributed by atoms with Crippen LogP contribution in [-0.4, -0.2) is 84.4 Å². The van der Waals surface area contributed by atoms with Crippen LogP contribution in [0.15, 0.2) is 60.7 Å². The number of hydrogen-bond acceptors (Lipinski definition) is 8. The number of amides is 3. The first-order chi connectivity index (χ1) is 20.3. The van der Waals surface area contributed by atoms with Gasteiger partial charge in [0.1, 0.15) is 11.6 Å². The third-order valence-electron chi connectivity index (χ3n) is 6.67. The van der Waals surface area contributed by atoms with Crippen molar-refractivity contribution in [3.05, 3.63) is 71.8 Å². The molecule has 0 spiro atoms. The summed E-state index contributed by atoms with van der Waals surface area (Å²) >= 11 is 0. The predicted molar refractivity (Wildman–Crippen MR) is 164 cm³/mol. The zero-order valence-corrected chi connectivity index (χ0v) is 26.0. The highest BCUT2D eigenvalue weighted by Gasteiger charge is 2.30. The quantitative estimate of drug-likeness (QED) is 0.182. The average Bonchev–Trinajstić information content (AvgIpc) is 2.94. The van der Waals surface area contributed by atoms with Gasteiger partial charge in [0.2, 0.25) is 5.91 Å². The number of ether oxygens (including phenoxy) is 2. The van der Waals surface area contributed by atoms with Gasteiger partial charge in [-0.2, -0.15) is 0 Å². The third kappa shape index (κ3) is 13.5. The van der Waals surface area contributed by atoms with Crippen molar-refractivity contribution in [3.8, 4) is 0 Å². The lowest BCUT2D eigenvalue weighted by Gasteiger charge is -2.29. The van der Waals surface area contributed by atoms with Gasteiger partial charge in [-0.3, -0.25) is 4.79 Å². The van der Waals surface area contributed by atoms with Crippen LogP contribution in [0.3, 0.4) is 0 Å². The molecule has 2 aromatic rings. The van der Waals surface area contributed by atoms with E-state index < -0.39 is 54.0 Å². The van der Waals surface area contributed by atoms with E-state index in [1.807, 2.05) is 60.7 Å². The normalized spacial score (nSPS) is 15.0. The van der Waals surface area contributed by atoms with Crippen molar-refractivity contribution >= 4 is 18.1 Å². The molecule has 0 saturated heterocycles. The number of alkyl carbamates (subject to hydrolysis) is 2. The Hall–Kier alpha value is -3.67. The minimum absolute atomic E-state index is 0.0378. The molecule has 0 aromatic heterocycles. The molecule has 0 unspecified atom stereocenters. The lowest BCUT2D eigenvalue weighted by Crippen LogP contribution is -2.56. The van der Waals surface area contributed by atoms with E-state index >= 15 is 0 Å². The number of carbonyl (C=O) groups is 3. The van der Waals surface area contributed by atoms with E-state index in [1.165, 1.54) is 7.11 Å². The highest BCUT2D eigenvalue weighted by Crippen LogP contribution is 2.12. The lowest BCUT2D eigenvalue weighted by molar-refractivity contribution is -0.125. The maximum atomic E-state index is 13.2. The molecular weight excluding hydrogens is 552 g/mol. The van der Waals surface area contributed by atoms with Crippen LogP contribution < -0.4 is 21.3 Å². The first-order valence-electron chi connectivity index (χ1n) is 14.6. The molecule has 11 heteroatoms. The van der Waals surface area contributed by atoms with Crippen molar-refractivity contribution in [1.29, 1.82) is 0 Å². The Kier molecular flexibility index (Phi) is 14.4. The van der Waals surface area contributed by atoms with Crippen molar-refractivity contribution in [1.82, 2.24) is 21.3 Å². The molecule has 2 rings (SSSR count). The first-order valence-corrected chi connectivity index (χ1v) is 14.6. The van der Waals surface area contributed by atoms with Crippen LogP contribution >= 0.6 is 0 Å². The summed E-state index contributed by atoms with van der Waals surface area (Å²) in [4.78, 5) is 37.5. The van der Waals surface area contributed by atoms with Crippen LogP contribution in [-0.2, 0) is 27.1 Å².